The van der Waals surface area contributed by atoms with Gasteiger partial charge in [0.15, 0.2) is 0 Å². The van der Waals surface area contributed by atoms with Crippen molar-refractivity contribution in [1.82, 2.24) is 0 Å². The maximum absolute atomic E-state index is 13.1. The average molecular weight is 443 g/mol. The van der Waals surface area contributed by atoms with Crippen LogP contribution in [0.3, 0.4) is 0 Å². The lowest BCUT2D eigenvalue weighted by Gasteiger charge is -2.39. The Morgan fingerprint density at radius 2 is 1.39 bits per heavy atom. The molecule has 0 amide bonds. The number of benzene rings is 3. The molecule has 0 bridgehead atoms. The Morgan fingerprint density at radius 3 is 2.00 bits per heavy atom. The van der Waals surface area contributed by atoms with Gasteiger partial charge in [0.25, 0.3) is 0 Å². The summed E-state index contributed by atoms with van der Waals surface area (Å²) in [5.74, 6) is -0.0865. The van der Waals surface area contributed by atoms with Gasteiger partial charge in [0.2, 0.25) is 5.78 Å². The number of carbonyl (C=O) groups excluding carboxylic acids is 2. The van der Waals surface area contributed by atoms with Crippen LogP contribution in [0.2, 0.25) is 0 Å². The van der Waals surface area contributed by atoms with Gasteiger partial charge in [0.1, 0.15) is 12.6 Å². The van der Waals surface area contributed by atoms with Crippen LogP contribution in [-0.2, 0) is 16.0 Å². The Balaban J connectivity index is 1.37. The molecule has 1 aliphatic rings. The van der Waals surface area contributed by atoms with Gasteiger partial charge < -0.3 is 9.22 Å². The molecule has 1 atom stereocenters. The quantitative estimate of drug-likeness (QED) is 0.272. The van der Waals surface area contributed by atoms with Gasteiger partial charge in [-0.2, -0.15) is 0 Å². The number of carbonyl (C=O) groups is 2. The Morgan fingerprint density at radius 1 is 0.848 bits per heavy atom. The molecule has 0 aromatic heterocycles. The summed E-state index contributed by atoms with van der Waals surface area (Å²) in [6.07, 6.45) is 1.83. The molecule has 1 unspecified atom stereocenters. The zero-order valence-corrected chi connectivity index (χ0v) is 19.2. The molecule has 1 aliphatic heterocycles. The van der Waals surface area contributed by atoms with Crippen molar-refractivity contribution in [3.05, 3.63) is 108 Å². The molecule has 0 radical (unpaired) electrons. The second-order valence-corrected chi connectivity index (χ2v) is 9.31. The fourth-order valence-electron chi connectivity index (χ4n) is 4.61. The van der Waals surface area contributed by atoms with Crippen molar-refractivity contribution in [2.45, 2.75) is 25.4 Å². The van der Waals surface area contributed by atoms with E-state index in [0.717, 1.165) is 42.6 Å². The first-order valence-corrected chi connectivity index (χ1v) is 11.7. The van der Waals surface area contributed by atoms with Gasteiger partial charge in [-0.25, -0.2) is 0 Å². The minimum atomic E-state index is -0.302. The van der Waals surface area contributed by atoms with Crippen LogP contribution in [0.1, 0.15) is 40.4 Å². The molecule has 33 heavy (non-hydrogen) atoms. The van der Waals surface area contributed by atoms with Crippen molar-refractivity contribution in [2.75, 3.05) is 26.7 Å². The van der Waals surface area contributed by atoms with Crippen LogP contribution in [0.5, 0.6) is 0 Å². The van der Waals surface area contributed by atoms with Crippen molar-refractivity contribution >= 4 is 11.8 Å². The van der Waals surface area contributed by atoms with Crippen LogP contribution in [-0.4, -0.2) is 42.9 Å². The zero-order chi connectivity index (χ0) is 23.1. The second-order valence-electron chi connectivity index (χ2n) is 9.31. The number of piperidine rings is 1. The topological polar surface area (TPSA) is 43.4 Å². The fourth-order valence-corrected chi connectivity index (χ4v) is 4.61. The third kappa shape index (κ3) is 6.17. The minimum Gasteiger partial charge on any atom is -0.457 e. The number of hydrogen-bond donors (Lipinski definition) is 0. The largest absolute Gasteiger partial charge is 0.457 e. The normalized spacial score (nSPS) is 21.2. The summed E-state index contributed by atoms with van der Waals surface area (Å²) in [7, 11) is 2.12. The Kier molecular flexibility index (Phi) is 7.36. The van der Waals surface area contributed by atoms with Gasteiger partial charge in [0, 0.05) is 24.8 Å². The summed E-state index contributed by atoms with van der Waals surface area (Å²) in [6, 6.07) is 29.6. The smallest absolute Gasteiger partial charge is 0.310 e. The van der Waals surface area contributed by atoms with Gasteiger partial charge >= 0.3 is 5.97 Å². The van der Waals surface area contributed by atoms with Gasteiger partial charge in [-0.3, -0.25) is 9.59 Å². The van der Waals surface area contributed by atoms with E-state index in [1.165, 1.54) is 0 Å². The van der Waals surface area contributed by atoms with E-state index < -0.39 is 0 Å². The number of esters is 1. The SMILES string of the molecule is C[N+]1(CC(=O)c2ccccc2)CCC(C(=O)OC(Cc2ccccc2)c2ccccc2)CC1. The predicted octanol–water partition coefficient (Wildman–Crippen LogP) is 5.25. The van der Waals surface area contributed by atoms with E-state index in [-0.39, 0.29) is 23.8 Å². The summed E-state index contributed by atoms with van der Waals surface area (Å²) >= 11 is 0. The maximum Gasteiger partial charge on any atom is 0.310 e. The highest BCUT2D eigenvalue weighted by molar-refractivity contribution is 5.96. The molecule has 1 saturated heterocycles. The Hall–Kier alpha value is -3.24. The highest BCUT2D eigenvalue weighted by Crippen LogP contribution is 2.28. The van der Waals surface area contributed by atoms with Crippen molar-refractivity contribution in [1.29, 1.82) is 0 Å². The monoisotopic (exact) mass is 442 g/mol. The van der Waals surface area contributed by atoms with E-state index in [4.69, 9.17) is 4.74 Å². The van der Waals surface area contributed by atoms with Crippen LogP contribution < -0.4 is 0 Å². The third-order valence-electron chi connectivity index (χ3n) is 6.68. The van der Waals surface area contributed by atoms with E-state index >= 15 is 0 Å². The second kappa shape index (κ2) is 10.6. The lowest BCUT2D eigenvalue weighted by atomic mass is 9.94. The number of rotatable bonds is 8. The summed E-state index contributed by atoms with van der Waals surface area (Å²) in [6.45, 7) is 2.06. The molecule has 0 aliphatic carbocycles. The number of hydrogen-bond acceptors (Lipinski definition) is 3. The molecule has 1 heterocycles. The number of ether oxygens (including phenoxy) is 1. The molecule has 3 aromatic rings. The highest BCUT2D eigenvalue weighted by atomic mass is 16.5. The molecule has 1 fully saturated rings. The molecular weight excluding hydrogens is 410 g/mol. The van der Waals surface area contributed by atoms with E-state index in [2.05, 4.69) is 19.2 Å². The van der Waals surface area contributed by atoms with Crippen LogP contribution in [0.25, 0.3) is 0 Å². The number of quaternary nitrogens is 1. The van der Waals surface area contributed by atoms with Crippen LogP contribution in [0.15, 0.2) is 91.0 Å². The van der Waals surface area contributed by atoms with E-state index in [9.17, 15) is 9.59 Å². The highest BCUT2D eigenvalue weighted by Gasteiger charge is 2.36. The summed E-state index contributed by atoms with van der Waals surface area (Å²) < 4.78 is 6.76. The third-order valence-corrected chi connectivity index (χ3v) is 6.68. The van der Waals surface area contributed by atoms with E-state index in [1.807, 2.05) is 78.9 Å². The minimum absolute atomic E-state index is 0.120. The lowest BCUT2D eigenvalue weighted by molar-refractivity contribution is -0.906. The van der Waals surface area contributed by atoms with Crippen molar-refractivity contribution in [3.8, 4) is 0 Å². The van der Waals surface area contributed by atoms with Gasteiger partial charge in [-0.05, 0) is 11.1 Å². The standard InChI is InChI=1S/C29H32NO3/c1-30(22-27(31)24-13-7-3-8-14-24)19-17-26(18-20-30)29(32)33-28(25-15-9-4-10-16-25)21-23-11-5-2-6-12-23/h2-16,26,28H,17-22H2,1H3/q+1. The predicted molar refractivity (Wildman–Crippen MR) is 130 cm³/mol. The molecular formula is C29H32NO3+. The maximum atomic E-state index is 13.1. The first-order chi connectivity index (χ1) is 16.0. The molecule has 4 heteroatoms. The van der Waals surface area contributed by atoms with E-state index in [1.54, 1.807) is 0 Å². The van der Waals surface area contributed by atoms with Gasteiger partial charge in [-0.15, -0.1) is 0 Å². The van der Waals surface area contributed by atoms with Crippen LogP contribution in [0, 0.1) is 5.92 Å². The average Bonchev–Trinajstić information content (AvgIpc) is 2.85. The molecule has 170 valence electrons. The van der Waals surface area contributed by atoms with Crippen molar-refractivity contribution in [2.24, 2.45) is 5.92 Å². The first kappa shape index (κ1) is 22.9. The molecule has 4 rings (SSSR count). The molecule has 0 spiro atoms. The zero-order valence-electron chi connectivity index (χ0n) is 19.2. The number of Topliss-reactive ketones (excluding diaryl/α,β-unsaturated/α-hetero) is 1. The van der Waals surface area contributed by atoms with Crippen molar-refractivity contribution < 1.29 is 18.8 Å². The summed E-state index contributed by atoms with van der Waals surface area (Å²) in [5, 5.41) is 0. The van der Waals surface area contributed by atoms with Crippen LogP contribution >= 0.6 is 0 Å². The fraction of sp³-hybridized carbons (Fsp3) is 0.310. The Bertz CT molecular complexity index is 1040. The van der Waals surface area contributed by atoms with Crippen molar-refractivity contribution in [3.63, 3.8) is 0 Å². The Labute approximate surface area is 196 Å². The number of nitrogens with zero attached hydrogens (tertiary/aromatic N) is 1. The van der Waals surface area contributed by atoms with Crippen LogP contribution in [0.4, 0.5) is 0 Å². The number of likely N-dealkylation sites (tertiary alicyclic amines) is 1. The molecule has 0 saturated carbocycles. The molecule has 4 nitrogen and oxygen atoms in total. The number of likely N-dealkylation sites (N-methyl/N-ethyl adjacent to an activating group) is 1. The van der Waals surface area contributed by atoms with Gasteiger partial charge in [0.05, 0.1) is 26.1 Å². The first-order valence-electron chi connectivity index (χ1n) is 11.7. The van der Waals surface area contributed by atoms with Gasteiger partial charge in [-0.1, -0.05) is 91.0 Å². The molecule has 3 aromatic carbocycles. The summed E-state index contributed by atoms with van der Waals surface area (Å²) in [4.78, 5) is 25.8. The molecule has 0 N–H and O–H groups in total. The van der Waals surface area contributed by atoms with E-state index in [0.29, 0.717) is 17.4 Å². The lowest BCUT2D eigenvalue weighted by Crippen LogP contribution is -2.53. The summed E-state index contributed by atoms with van der Waals surface area (Å²) in [5.41, 5.74) is 2.91. The number of ketones is 1.